The highest BCUT2D eigenvalue weighted by Gasteiger charge is 2.43. The van der Waals surface area contributed by atoms with Gasteiger partial charge in [-0.15, -0.1) is 0 Å². The number of hydrogen-bond donors (Lipinski definition) is 1. The Morgan fingerprint density at radius 2 is 1.76 bits per heavy atom. The van der Waals surface area contributed by atoms with Crippen molar-refractivity contribution in [1.82, 2.24) is 0 Å². The van der Waals surface area contributed by atoms with Gasteiger partial charge in [-0.3, -0.25) is 9.79 Å². The first-order valence-electron chi connectivity index (χ1n) is 11.6. The topological polar surface area (TPSA) is 94.4 Å². The van der Waals surface area contributed by atoms with Gasteiger partial charge in [0.05, 0.1) is 31.5 Å². The molecule has 2 aromatic rings. The molecule has 0 aliphatic carbocycles. The third-order valence-corrected chi connectivity index (χ3v) is 5.98. The van der Waals surface area contributed by atoms with Crippen molar-refractivity contribution < 1.29 is 42.1 Å². The van der Waals surface area contributed by atoms with Crippen LogP contribution in [-0.2, 0) is 31.7 Å². The smallest absolute Gasteiger partial charge is 0.416 e. The summed E-state index contributed by atoms with van der Waals surface area (Å²) in [7, 11) is 1.17. The van der Waals surface area contributed by atoms with Gasteiger partial charge in [-0.2, -0.15) is 13.2 Å². The Hall–Kier alpha value is -3.66. The van der Waals surface area contributed by atoms with Gasteiger partial charge in [-0.25, -0.2) is 4.79 Å². The van der Waals surface area contributed by atoms with Crippen LogP contribution in [0.15, 0.2) is 64.8 Å². The third-order valence-electron chi connectivity index (χ3n) is 5.98. The number of carbonyl (C=O) groups is 2. The zero-order valence-corrected chi connectivity index (χ0v) is 20.7. The number of aliphatic hydroxyl groups is 1. The van der Waals surface area contributed by atoms with Gasteiger partial charge >= 0.3 is 18.1 Å². The molecule has 0 bridgehead atoms. The van der Waals surface area contributed by atoms with Crippen LogP contribution in [0, 0.1) is 5.92 Å². The molecule has 198 valence electrons. The van der Waals surface area contributed by atoms with Crippen molar-refractivity contribution in [3.05, 3.63) is 76.5 Å². The number of allylic oxidation sites excluding steroid dienone is 1. The molecule has 2 aromatic carbocycles. The summed E-state index contributed by atoms with van der Waals surface area (Å²) in [5, 5.41) is 8.83. The highest BCUT2D eigenvalue weighted by molar-refractivity contribution is 6.07. The second-order valence-electron chi connectivity index (χ2n) is 8.46. The number of aliphatic hydroxyl groups excluding tert-OH is 1. The predicted octanol–water partition coefficient (Wildman–Crippen LogP) is 4.48. The van der Waals surface area contributed by atoms with Crippen molar-refractivity contribution in [3.8, 4) is 5.75 Å². The minimum absolute atomic E-state index is 0.00659. The van der Waals surface area contributed by atoms with Gasteiger partial charge in [0.1, 0.15) is 18.3 Å². The molecule has 7 nitrogen and oxygen atoms in total. The number of alkyl halides is 3. The highest BCUT2D eigenvalue weighted by Crippen LogP contribution is 2.41. The van der Waals surface area contributed by atoms with E-state index in [-0.39, 0.29) is 36.7 Å². The lowest BCUT2D eigenvalue weighted by atomic mass is 9.75. The van der Waals surface area contributed by atoms with E-state index in [9.17, 15) is 22.8 Å². The van der Waals surface area contributed by atoms with Gasteiger partial charge in [-0.1, -0.05) is 30.3 Å². The lowest BCUT2D eigenvalue weighted by molar-refractivity contribution is -0.144. The van der Waals surface area contributed by atoms with E-state index in [0.29, 0.717) is 17.9 Å². The number of halogens is 3. The first-order valence-corrected chi connectivity index (χ1v) is 11.6. The Labute approximate surface area is 212 Å². The molecule has 0 aromatic heterocycles. The van der Waals surface area contributed by atoms with Crippen molar-refractivity contribution in [2.24, 2.45) is 10.9 Å². The largest absolute Gasteiger partial charge is 0.491 e. The number of rotatable bonds is 9. The van der Waals surface area contributed by atoms with E-state index >= 15 is 0 Å². The molecule has 0 saturated carbocycles. The van der Waals surface area contributed by atoms with Crippen LogP contribution in [0.25, 0.3) is 0 Å². The maximum atomic E-state index is 13.4. The van der Waals surface area contributed by atoms with Crippen LogP contribution in [-0.4, -0.2) is 49.7 Å². The van der Waals surface area contributed by atoms with E-state index in [0.717, 1.165) is 17.7 Å². The molecule has 0 amide bonds. The molecule has 2 unspecified atom stereocenters. The summed E-state index contributed by atoms with van der Waals surface area (Å²) in [6.45, 7) is 3.19. The summed E-state index contributed by atoms with van der Waals surface area (Å²) in [4.78, 5) is 30.2. The molecular weight excluding hydrogens is 491 g/mol. The maximum Gasteiger partial charge on any atom is 0.416 e. The van der Waals surface area contributed by atoms with Crippen LogP contribution in [0.2, 0.25) is 0 Å². The van der Waals surface area contributed by atoms with Gasteiger partial charge in [0, 0.05) is 23.7 Å². The first-order chi connectivity index (χ1) is 17.6. The number of carbonyl (C=O) groups excluding carboxylic acids is 2. The summed E-state index contributed by atoms with van der Waals surface area (Å²) < 4.78 is 56.0. The molecular formula is C27H28F3NO6. The van der Waals surface area contributed by atoms with E-state index in [1.165, 1.54) is 19.2 Å². The Balaban J connectivity index is 1.86. The fraction of sp³-hybridized carbons (Fsp3) is 0.370. The summed E-state index contributed by atoms with van der Waals surface area (Å²) in [6.07, 6.45) is -4.23. The molecule has 0 saturated heterocycles. The van der Waals surface area contributed by atoms with Crippen molar-refractivity contribution >= 4 is 17.7 Å². The van der Waals surface area contributed by atoms with Gasteiger partial charge in [-0.05, 0) is 43.2 Å². The second kappa shape index (κ2) is 12.1. The van der Waals surface area contributed by atoms with Crippen molar-refractivity contribution in [1.29, 1.82) is 0 Å². The van der Waals surface area contributed by atoms with E-state index in [1.807, 2.05) is 0 Å². The first kappa shape index (κ1) is 27.9. The fourth-order valence-electron chi connectivity index (χ4n) is 4.26. The Kier molecular flexibility index (Phi) is 9.09. The lowest BCUT2D eigenvalue weighted by Gasteiger charge is -2.31. The van der Waals surface area contributed by atoms with Crippen LogP contribution >= 0.6 is 0 Å². The van der Waals surface area contributed by atoms with E-state index < -0.39 is 35.5 Å². The molecule has 1 heterocycles. The number of nitrogens with zero attached hydrogens (tertiary/aromatic N) is 1. The SMILES string of the molecule is COC(=O)C1C(C)=NC(C)=C(C(=O)OCCc2ccc(OCCO)cc2)C1c1cccc(C(F)(F)F)c1. The fourth-order valence-corrected chi connectivity index (χ4v) is 4.26. The Morgan fingerprint density at radius 1 is 1.05 bits per heavy atom. The van der Waals surface area contributed by atoms with E-state index in [4.69, 9.17) is 19.3 Å². The standard InChI is InChI=1S/C27H28F3NO6/c1-16-22(25(33)35-3)24(19-5-4-6-20(15-19)27(28,29)30)23(17(2)31-16)26(34)37-13-11-18-7-9-21(10-8-18)36-14-12-32/h4-10,15,22,24,32H,11-14H2,1-3H3. The molecule has 1 N–H and O–H groups in total. The molecule has 1 aliphatic heterocycles. The molecule has 0 spiro atoms. The number of benzene rings is 2. The average Bonchev–Trinajstić information content (AvgIpc) is 2.86. The van der Waals surface area contributed by atoms with Crippen LogP contribution < -0.4 is 4.74 Å². The number of methoxy groups -OCH3 is 1. The summed E-state index contributed by atoms with van der Waals surface area (Å²) in [5.41, 5.74) is 0.680. The minimum atomic E-state index is -4.60. The summed E-state index contributed by atoms with van der Waals surface area (Å²) in [6, 6.07) is 11.6. The Morgan fingerprint density at radius 3 is 2.38 bits per heavy atom. The lowest BCUT2D eigenvalue weighted by Crippen LogP contribution is -2.36. The number of ether oxygens (including phenoxy) is 3. The molecule has 2 atom stereocenters. The molecule has 37 heavy (non-hydrogen) atoms. The van der Waals surface area contributed by atoms with E-state index in [1.54, 1.807) is 38.1 Å². The summed E-state index contributed by atoms with van der Waals surface area (Å²) >= 11 is 0. The minimum Gasteiger partial charge on any atom is -0.491 e. The van der Waals surface area contributed by atoms with Gasteiger partial charge < -0.3 is 19.3 Å². The molecule has 3 rings (SSSR count). The number of aliphatic imine (C=N–C) groups is 1. The molecule has 0 radical (unpaired) electrons. The quantitative estimate of drug-likeness (QED) is 0.491. The number of hydrogen-bond acceptors (Lipinski definition) is 7. The zero-order valence-electron chi connectivity index (χ0n) is 20.7. The van der Waals surface area contributed by atoms with Crippen LogP contribution in [0.1, 0.15) is 36.5 Å². The van der Waals surface area contributed by atoms with Crippen molar-refractivity contribution in [2.75, 3.05) is 26.9 Å². The zero-order chi connectivity index (χ0) is 27.2. The second-order valence-corrected chi connectivity index (χ2v) is 8.46. The third kappa shape index (κ3) is 6.76. The average molecular weight is 520 g/mol. The van der Waals surface area contributed by atoms with E-state index in [2.05, 4.69) is 4.99 Å². The van der Waals surface area contributed by atoms with Crippen molar-refractivity contribution in [3.63, 3.8) is 0 Å². The normalized spacial score (nSPS) is 17.8. The Bertz CT molecular complexity index is 1190. The van der Waals surface area contributed by atoms with Gasteiger partial charge in [0.25, 0.3) is 0 Å². The molecule has 0 fully saturated rings. The van der Waals surface area contributed by atoms with Crippen LogP contribution in [0.4, 0.5) is 13.2 Å². The van der Waals surface area contributed by atoms with Crippen molar-refractivity contribution in [2.45, 2.75) is 32.4 Å². The number of esters is 2. The monoisotopic (exact) mass is 519 g/mol. The summed E-state index contributed by atoms with van der Waals surface area (Å²) in [5.74, 6) is -3.06. The van der Waals surface area contributed by atoms with Gasteiger partial charge in [0.2, 0.25) is 0 Å². The van der Waals surface area contributed by atoms with Crippen LogP contribution in [0.3, 0.4) is 0 Å². The maximum absolute atomic E-state index is 13.4. The highest BCUT2D eigenvalue weighted by atomic mass is 19.4. The van der Waals surface area contributed by atoms with Crippen LogP contribution in [0.5, 0.6) is 5.75 Å². The molecule has 1 aliphatic rings. The molecule has 10 heteroatoms. The van der Waals surface area contributed by atoms with Gasteiger partial charge in [0.15, 0.2) is 0 Å². The predicted molar refractivity (Wildman–Crippen MR) is 129 cm³/mol.